The standard InChI is InChI=1S/C15H15NO4S2/c1-2-3-11(14(19)20)16-13(18)12(22-15(16)21)8-9-4-6-10(17)7-5-9/h4-8,11,17H,2-3H2,1H3,(H,19,20)/b12-8-. The molecule has 0 bridgehead atoms. The van der Waals surface area contributed by atoms with Crippen molar-refractivity contribution in [2.45, 2.75) is 25.8 Å². The number of hydrogen-bond donors (Lipinski definition) is 2. The highest BCUT2D eigenvalue weighted by Crippen LogP contribution is 2.35. The summed E-state index contributed by atoms with van der Waals surface area (Å²) in [5.74, 6) is -1.30. The molecular formula is C15H15NO4S2. The van der Waals surface area contributed by atoms with E-state index < -0.39 is 12.0 Å². The van der Waals surface area contributed by atoms with Crippen LogP contribution in [0.5, 0.6) is 5.75 Å². The lowest BCUT2D eigenvalue weighted by atomic mass is 10.1. The number of benzene rings is 1. The van der Waals surface area contributed by atoms with Gasteiger partial charge in [-0.15, -0.1) is 0 Å². The van der Waals surface area contributed by atoms with Crippen LogP contribution >= 0.6 is 24.0 Å². The Balaban J connectivity index is 2.27. The van der Waals surface area contributed by atoms with E-state index in [1.54, 1.807) is 18.2 Å². The molecule has 22 heavy (non-hydrogen) atoms. The van der Waals surface area contributed by atoms with Crippen LogP contribution in [0.1, 0.15) is 25.3 Å². The number of nitrogens with zero attached hydrogens (tertiary/aromatic N) is 1. The summed E-state index contributed by atoms with van der Waals surface area (Å²) in [6.07, 6.45) is 2.64. The number of thiocarbonyl (C=S) groups is 1. The quantitative estimate of drug-likeness (QED) is 0.635. The lowest BCUT2D eigenvalue weighted by Gasteiger charge is -2.22. The number of hydrogen-bond acceptors (Lipinski definition) is 5. The van der Waals surface area contributed by atoms with Crippen molar-refractivity contribution in [3.05, 3.63) is 34.7 Å². The van der Waals surface area contributed by atoms with E-state index in [0.717, 1.165) is 17.3 Å². The second kappa shape index (κ2) is 6.93. The van der Waals surface area contributed by atoms with Crippen molar-refractivity contribution in [3.63, 3.8) is 0 Å². The molecule has 116 valence electrons. The van der Waals surface area contributed by atoms with Gasteiger partial charge in [0.15, 0.2) is 0 Å². The van der Waals surface area contributed by atoms with Crippen molar-refractivity contribution in [3.8, 4) is 5.75 Å². The third kappa shape index (κ3) is 3.48. The Bertz CT molecular complexity index is 639. The summed E-state index contributed by atoms with van der Waals surface area (Å²) < 4.78 is 0.260. The SMILES string of the molecule is CCCC(C(=O)O)N1C(=O)/C(=C/c2ccc(O)cc2)SC1=S. The molecule has 1 unspecified atom stereocenters. The second-order valence-electron chi connectivity index (χ2n) is 4.79. The van der Waals surface area contributed by atoms with Crippen molar-refractivity contribution in [1.82, 2.24) is 4.90 Å². The molecule has 0 aromatic heterocycles. The van der Waals surface area contributed by atoms with E-state index in [4.69, 9.17) is 12.2 Å². The molecule has 1 aliphatic rings. The van der Waals surface area contributed by atoms with E-state index in [1.165, 1.54) is 17.0 Å². The van der Waals surface area contributed by atoms with E-state index in [2.05, 4.69) is 0 Å². The van der Waals surface area contributed by atoms with Crippen LogP contribution in [0, 0.1) is 0 Å². The Morgan fingerprint density at radius 2 is 2.05 bits per heavy atom. The number of aromatic hydroxyl groups is 1. The average molecular weight is 337 g/mol. The van der Waals surface area contributed by atoms with Gasteiger partial charge in [-0.1, -0.05) is 49.5 Å². The van der Waals surface area contributed by atoms with Gasteiger partial charge in [-0.2, -0.15) is 0 Å². The Kier molecular flexibility index (Phi) is 5.20. The molecule has 0 aliphatic carbocycles. The second-order valence-corrected chi connectivity index (χ2v) is 6.46. The van der Waals surface area contributed by atoms with Crippen LogP contribution < -0.4 is 0 Å². The Hall–Kier alpha value is -1.86. The van der Waals surface area contributed by atoms with Gasteiger partial charge in [-0.05, 0) is 30.2 Å². The molecule has 5 nitrogen and oxygen atoms in total. The van der Waals surface area contributed by atoms with Gasteiger partial charge in [-0.3, -0.25) is 9.69 Å². The molecule has 1 aliphatic heterocycles. The fourth-order valence-corrected chi connectivity index (χ4v) is 3.46. The normalized spacial score (nSPS) is 18.0. The van der Waals surface area contributed by atoms with Crippen LogP contribution in [-0.2, 0) is 9.59 Å². The molecule has 1 amide bonds. The van der Waals surface area contributed by atoms with Crippen LogP contribution in [0.4, 0.5) is 0 Å². The van der Waals surface area contributed by atoms with Crippen molar-refractivity contribution in [2.24, 2.45) is 0 Å². The number of rotatable bonds is 5. The fraction of sp³-hybridized carbons (Fsp3) is 0.267. The number of amides is 1. The minimum atomic E-state index is -1.05. The minimum Gasteiger partial charge on any atom is -0.508 e. The summed E-state index contributed by atoms with van der Waals surface area (Å²) in [6, 6.07) is 5.45. The maximum atomic E-state index is 12.4. The van der Waals surface area contributed by atoms with E-state index in [9.17, 15) is 19.8 Å². The van der Waals surface area contributed by atoms with E-state index in [0.29, 0.717) is 17.7 Å². The van der Waals surface area contributed by atoms with Crippen molar-refractivity contribution < 1.29 is 19.8 Å². The molecule has 1 aromatic carbocycles. The van der Waals surface area contributed by atoms with Crippen LogP contribution in [0.3, 0.4) is 0 Å². The summed E-state index contributed by atoms with van der Waals surface area (Å²) >= 11 is 6.26. The molecule has 7 heteroatoms. The molecule has 1 aromatic rings. The summed E-state index contributed by atoms with van der Waals surface area (Å²) in [4.78, 5) is 25.4. The molecule has 0 radical (unpaired) electrons. The maximum absolute atomic E-state index is 12.4. The first-order valence-electron chi connectivity index (χ1n) is 6.73. The predicted octanol–water partition coefficient (Wildman–Crippen LogP) is 2.85. The molecule has 1 saturated heterocycles. The summed E-state index contributed by atoms with van der Waals surface area (Å²) in [5, 5.41) is 18.6. The summed E-state index contributed by atoms with van der Waals surface area (Å²) in [6.45, 7) is 1.86. The number of aliphatic carboxylic acids is 1. The number of thioether (sulfide) groups is 1. The van der Waals surface area contributed by atoms with Gasteiger partial charge in [0.1, 0.15) is 16.1 Å². The van der Waals surface area contributed by atoms with Crippen molar-refractivity contribution in [2.75, 3.05) is 0 Å². The molecule has 1 heterocycles. The Morgan fingerprint density at radius 1 is 1.41 bits per heavy atom. The predicted molar refractivity (Wildman–Crippen MR) is 89.5 cm³/mol. The molecule has 0 saturated carbocycles. The molecule has 2 N–H and O–H groups in total. The molecular weight excluding hydrogens is 322 g/mol. The van der Waals surface area contributed by atoms with Gasteiger partial charge in [-0.25, -0.2) is 4.79 Å². The molecule has 1 fully saturated rings. The van der Waals surface area contributed by atoms with Crippen molar-refractivity contribution >= 4 is 46.3 Å². The first kappa shape index (κ1) is 16.5. The van der Waals surface area contributed by atoms with Crippen molar-refractivity contribution in [1.29, 1.82) is 0 Å². The van der Waals surface area contributed by atoms with E-state index in [1.807, 2.05) is 6.92 Å². The van der Waals surface area contributed by atoms with Crippen LogP contribution in [0.2, 0.25) is 0 Å². The minimum absolute atomic E-state index is 0.138. The summed E-state index contributed by atoms with van der Waals surface area (Å²) in [5.41, 5.74) is 0.737. The van der Waals surface area contributed by atoms with E-state index in [-0.39, 0.29) is 16.0 Å². The van der Waals surface area contributed by atoms with Gasteiger partial charge >= 0.3 is 5.97 Å². The largest absolute Gasteiger partial charge is 0.508 e. The van der Waals surface area contributed by atoms with Gasteiger partial charge in [0, 0.05) is 0 Å². The lowest BCUT2D eigenvalue weighted by Crippen LogP contribution is -2.43. The molecule has 2 rings (SSSR count). The third-order valence-corrected chi connectivity index (χ3v) is 4.50. The number of carbonyl (C=O) groups excluding carboxylic acids is 1. The number of carbonyl (C=O) groups is 2. The average Bonchev–Trinajstić information content (AvgIpc) is 2.73. The number of carboxylic acid groups (broad SMARTS) is 1. The zero-order valence-corrected chi connectivity index (χ0v) is 13.5. The number of phenols is 1. The smallest absolute Gasteiger partial charge is 0.326 e. The highest BCUT2D eigenvalue weighted by atomic mass is 32.2. The monoisotopic (exact) mass is 337 g/mol. The zero-order chi connectivity index (χ0) is 16.3. The Morgan fingerprint density at radius 3 is 2.59 bits per heavy atom. The number of carboxylic acids is 1. The first-order chi connectivity index (χ1) is 10.4. The van der Waals surface area contributed by atoms with Gasteiger partial charge in [0.2, 0.25) is 0 Å². The van der Waals surface area contributed by atoms with E-state index >= 15 is 0 Å². The van der Waals surface area contributed by atoms with Crippen LogP contribution in [0.15, 0.2) is 29.2 Å². The Labute approximate surface area is 137 Å². The van der Waals surface area contributed by atoms with Crippen LogP contribution in [-0.4, -0.2) is 37.4 Å². The van der Waals surface area contributed by atoms with Crippen LogP contribution in [0.25, 0.3) is 6.08 Å². The van der Waals surface area contributed by atoms with Gasteiger partial charge in [0.25, 0.3) is 5.91 Å². The van der Waals surface area contributed by atoms with Gasteiger partial charge in [0.05, 0.1) is 4.91 Å². The zero-order valence-electron chi connectivity index (χ0n) is 11.9. The van der Waals surface area contributed by atoms with Gasteiger partial charge < -0.3 is 10.2 Å². The highest BCUT2D eigenvalue weighted by Gasteiger charge is 2.39. The first-order valence-corrected chi connectivity index (χ1v) is 7.95. The highest BCUT2D eigenvalue weighted by molar-refractivity contribution is 8.26. The lowest BCUT2D eigenvalue weighted by molar-refractivity contribution is -0.145. The topological polar surface area (TPSA) is 77.8 Å². The molecule has 1 atom stereocenters. The maximum Gasteiger partial charge on any atom is 0.326 e. The number of phenolic OH excluding ortho intramolecular Hbond substituents is 1. The third-order valence-electron chi connectivity index (χ3n) is 3.17. The summed E-state index contributed by atoms with van der Waals surface area (Å²) in [7, 11) is 0. The molecule has 0 spiro atoms. The fourth-order valence-electron chi connectivity index (χ4n) is 2.11.